The third-order valence-corrected chi connectivity index (χ3v) is 4.33. The van der Waals surface area contributed by atoms with Crippen molar-refractivity contribution in [2.45, 2.75) is 45.2 Å². The topological polar surface area (TPSA) is 55.2 Å². The summed E-state index contributed by atoms with van der Waals surface area (Å²) in [5, 5.41) is 14.8. The van der Waals surface area contributed by atoms with Crippen LogP contribution in [-0.2, 0) is 6.54 Å². The van der Waals surface area contributed by atoms with Crippen molar-refractivity contribution < 1.29 is 4.92 Å². The van der Waals surface area contributed by atoms with Crippen molar-refractivity contribution in [2.75, 3.05) is 0 Å². The Labute approximate surface area is 118 Å². The number of hydrogen-bond acceptors (Lipinski definition) is 3. The third kappa shape index (κ3) is 3.67. The molecular formula is C14H19ClN2O2. The molecular weight excluding hydrogens is 264 g/mol. The summed E-state index contributed by atoms with van der Waals surface area (Å²) >= 11 is 6.08. The van der Waals surface area contributed by atoms with Crippen molar-refractivity contribution in [3.8, 4) is 0 Å². The summed E-state index contributed by atoms with van der Waals surface area (Å²) in [6.45, 7) is 2.76. The van der Waals surface area contributed by atoms with E-state index in [2.05, 4.69) is 12.2 Å². The minimum Gasteiger partial charge on any atom is -0.310 e. The summed E-state index contributed by atoms with van der Waals surface area (Å²) in [4.78, 5) is 10.4. The lowest BCUT2D eigenvalue weighted by Crippen LogP contribution is -2.31. The minimum absolute atomic E-state index is 0.0923. The molecule has 104 valence electrons. The van der Waals surface area contributed by atoms with E-state index in [0.717, 1.165) is 11.5 Å². The molecule has 5 heteroatoms. The number of hydrogen-bond donors (Lipinski definition) is 1. The highest BCUT2D eigenvalue weighted by Gasteiger charge is 2.21. The summed E-state index contributed by atoms with van der Waals surface area (Å²) in [5.74, 6) is 0.720. The van der Waals surface area contributed by atoms with E-state index >= 15 is 0 Å². The Morgan fingerprint density at radius 1 is 1.47 bits per heavy atom. The van der Waals surface area contributed by atoms with Gasteiger partial charge in [-0.25, -0.2) is 0 Å². The second-order valence-corrected chi connectivity index (χ2v) is 5.65. The second kappa shape index (κ2) is 6.35. The number of nitrogens with one attached hydrogen (secondary N) is 1. The van der Waals surface area contributed by atoms with Gasteiger partial charge in [0.25, 0.3) is 5.69 Å². The molecule has 19 heavy (non-hydrogen) atoms. The lowest BCUT2D eigenvalue weighted by molar-refractivity contribution is -0.384. The molecule has 0 heterocycles. The Balaban J connectivity index is 1.98. The Morgan fingerprint density at radius 2 is 2.16 bits per heavy atom. The van der Waals surface area contributed by atoms with Crippen LogP contribution in [0.2, 0.25) is 5.02 Å². The summed E-state index contributed by atoms with van der Waals surface area (Å²) in [6, 6.07) is 5.01. The maximum Gasteiger partial charge on any atom is 0.269 e. The van der Waals surface area contributed by atoms with E-state index in [1.807, 2.05) is 0 Å². The first-order chi connectivity index (χ1) is 9.08. The molecule has 0 aliphatic heterocycles. The van der Waals surface area contributed by atoms with Gasteiger partial charge in [-0.05, 0) is 37.3 Å². The predicted octanol–water partition coefficient (Wildman–Crippen LogP) is 3.92. The maximum absolute atomic E-state index is 10.8. The van der Waals surface area contributed by atoms with Crippen molar-refractivity contribution in [3.63, 3.8) is 0 Å². The average Bonchev–Trinajstić information content (AvgIpc) is 2.91. The van der Waals surface area contributed by atoms with Crippen LogP contribution in [0.1, 0.15) is 38.2 Å². The molecule has 1 fully saturated rings. The molecule has 4 nitrogen and oxygen atoms in total. The molecule has 0 aromatic heterocycles. The fourth-order valence-corrected chi connectivity index (χ4v) is 2.89. The van der Waals surface area contributed by atoms with Gasteiger partial charge in [0.05, 0.1) is 4.92 Å². The highest BCUT2D eigenvalue weighted by molar-refractivity contribution is 6.31. The molecule has 2 rings (SSSR count). The molecule has 1 aromatic rings. The number of benzene rings is 1. The summed E-state index contributed by atoms with van der Waals surface area (Å²) in [6.07, 6.45) is 5.18. The molecule has 1 atom stereocenters. The van der Waals surface area contributed by atoms with Gasteiger partial charge in [0, 0.05) is 29.7 Å². The molecule has 0 saturated heterocycles. The first-order valence-electron chi connectivity index (χ1n) is 6.74. The first-order valence-corrected chi connectivity index (χ1v) is 7.12. The zero-order chi connectivity index (χ0) is 13.8. The monoisotopic (exact) mass is 282 g/mol. The molecule has 0 spiro atoms. The van der Waals surface area contributed by atoms with E-state index in [-0.39, 0.29) is 10.6 Å². The largest absolute Gasteiger partial charge is 0.310 e. The van der Waals surface area contributed by atoms with E-state index in [9.17, 15) is 10.1 Å². The van der Waals surface area contributed by atoms with Crippen LogP contribution in [0.3, 0.4) is 0 Å². The SMILES string of the molecule is CC(NCc1cc([N+](=O)[O-])ccc1Cl)C1CCCC1. The Morgan fingerprint density at radius 3 is 2.79 bits per heavy atom. The molecule has 1 N–H and O–H groups in total. The van der Waals surface area contributed by atoms with Crippen LogP contribution in [0.4, 0.5) is 5.69 Å². The molecule has 1 aromatic carbocycles. The summed E-state index contributed by atoms with van der Waals surface area (Å²) in [5.41, 5.74) is 0.885. The Bertz CT molecular complexity index is 459. The van der Waals surface area contributed by atoms with Gasteiger partial charge in [-0.2, -0.15) is 0 Å². The number of nitro benzene ring substituents is 1. The van der Waals surface area contributed by atoms with E-state index < -0.39 is 0 Å². The van der Waals surface area contributed by atoms with Crippen molar-refractivity contribution in [1.29, 1.82) is 0 Å². The van der Waals surface area contributed by atoms with Crippen molar-refractivity contribution in [1.82, 2.24) is 5.32 Å². The minimum atomic E-state index is -0.389. The molecule has 1 aliphatic rings. The van der Waals surface area contributed by atoms with Crippen LogP contribution in [0.15, 0.2) is 18.2 Å². The zero-order valence-electron chi connectivity index (χ0n) is 11.1. The Kier molecular flexibility index (Phi) is 4.77. The number of non-ortho nitro benzene ring substituents is 1. The van der Waals surface area contributed by atoms with Gasteiger partial charge < -0.3 is 5.32 Å². The lowest BCUT2D eigenvalue weighted by atomic mass is 9.99. The van der Waals surface area contributed by atoms with Crippen LogP contribution in [0.5, 0.6) is 0 Å². The first kappa shape index (κ1) is 14.3. The fraction of sp³-hybridized carbons (Fsp3) is 0.571. The van der Waals surface area contributed by atoms with Gasteiger partial charge >= 0.3 is 0 Å². The molecule has 0 bridgehead atoms. The van der Waals surface area contributed by atoms with Crippen molar-refractivity contribution >= 4 is 17.3 Å². The van der Waals surface area contributed by atoms with E-state index in [0.29, 0.717) is 17.6 Å². The van der Waals surface area contributed by atoms with Crippen molar-refractivity contribution in [3.05, 3.63) is 38.9 Å². The van der Waals surface area contributed by atoms with Gasteiger partial charge in [-0.15, -0.1) is 0 Å². The van der Waals surface area contributed by atoms with Crippen LogP contribution in [0, 0.1) is 16.0 Å². The summed E-state index contributed by atoms with van der Waals surface area (Å²) < 4.78 is 0. The normalized spacial score (nSPS) is 17.6. The van der Waals surface area contributed by atoms with Crippen LogP contribution in [-0.4, -0.2) is 11.0 Å². The number of nitrogens with zero attached hydrogens (tertiary/aromatic N) is 1. The molecule has 1 unspecified atom stereocenters. The van der Waals surface area contributed by atoms with E-state index in [4.69, 9.17) is 11.6 Å². The van der Waals surface area contributed by atoms with E-state index in [1.54, 1.807) is 12.1 Å². The highest BCUT2D eigenvalue weighted by atomic mass is 35.5. The van der Waals surface area contributed by atoms with Gasteiger partial charge in [0.15, 0.2) is 0 Å². The van der Waals surface area contributed by atoms with Crippen LogP contribution < -0.4 is 5.32 Å². The van der Waals surface area contributed by atoms with Crippen LogP contribution >= 0.6 is 11.6 Å². The predicted molar refractivity (Wildman–Crippen MR) is 76.4 cm³/mol. The number of halogens is 1. The third-order valence-electron chi connectivity index (χ3n) is 3.96. The molecule has 1 saturated carbocycles. The lowest BCUT2D eigenvalue weighted by Gasteiger charge is -2.20. The fourth-order valence-electron chi connectivity index (χ4n) is 2.71. The second-order valence-electron chi connectivity index (χ2n) is 5.25. The van der Waals surface area contributed by atoms with Crippen LogP contribution in [0.25, 0.3) is 0 Å². The van der Waals surface area contributed by atoms with Gasteiger partial charge in [0.1, 0.15) is 0 Å². The van der Waals surface area contributed by atoms with E-state index in [1.165, 1.54) is 31.7 Å². The molecule has 1 aliphatic carbocycles. The van der Waals surface area contributed by atoms with Gasteiger partial charge in [-0.3, -0.25) is 10.1 Å². The van der Waals surface area contributed by atoms with Gasteiger partial charge in [-0.1, -0.05) is 24.4 Å². The standard InChI is InChI=1S/C14H19ClN2O2/c1-10(11-4-2-3-5-11)16-9-12-8-13(17(18)19)6-7-14(12)15/h6-8,10-11,16H,2-5,9H2,1H3. The number of nitro groups is 1. The smallest absolute Gasteiger partial charge is 0.269 e. The quantitative estimate of drug-likeness (QED) is 0.658. The Hall–Kier alpha value is -1.13. The summed E-state index contributed by atoms with van der Waals surface area (Å²) in [7, 11) is 0. The highest BCUT2D eigenvalue weighted by Crippen LogP contribution is 2.28. The number of rotatable bonds is 5. The molecule has 0 amide bonds. The average molecular weight is 283 g/mol. The zero-order valence-corrected chi connectivity index (χ0v) is 11.8. The van der Waals surface area contributed by atoms with Crippen molar-refractivity contribution in [2.24, 2.45) is 5.92 Å². The van der Waals surface area contributed by atoms with Gasteiger partial charge in [0.2, 0.25) is 0 Å². The molecule has 0 radical (unpaired) electrons. The maximum atomic E-state index is 10.8.